The van der Waals surface area contributed by atoms with Crippen molar-refractivity contribution in [2.24, 2.45) is 0 Å². The van der Waals surface area contributed by atoms with E-state index in [1.54, 1.807) is 0 Å². The monoisotopic (exact) mass is 353 g/mol. The Balaban J connectivity index is 1.86. The molecule has 0 bridgehead atoms. The van der Waals surface area contributed by atoms with Crippen LogP contribution in [-0.2, 0) is 0 Å². The minimum Gasteiger partial charge on any atom is -0.851 e. The number of hydrogen-bond acceptors (Lipinski definition) is 4. The van der Waals surface area contributed by atoms with Crippen molar-refractivity contribution < 1.29 is 10.2 Å². The lowest BCUT2D eigenvalue weighted by molar-refractivity contribution is -0.462. The fourth-order valence-electron chi connectivity index (χ4n) is 4.04. The fourth-order valence-corrected chi connectivity index (χ4v) is 4.04. The van der Waals surface area contributed by atoms with Gasteiger partial charge in [-0.1, -0.05) is 12.1 Å². The molecule has 1 aliphatic rings. The average Bonchev–Trinajstić information content (AvgIpc) is 2.58. The van der Waals surface area contributed by atoms with Gasteiger partial charge in [-0.05, 0) is 72.2 Å². The molecule has 1 fully saturated rings. The highest BCUT2D eigenvalue weighted by molar-refractivity contribution is 5.54. The third kappa shape index (κ3) is 3.08. The lowest BCUT2D eigenvalue weighted by Crippen LogP contribution is -2.58. The maximum Gasteiger partial charge on any atom is 0.0657 e. The van der Waals surface area contributed by atoms with Crippen LogP contribution in [0.2, 0.25) is 0 Å². The molecular weight excluding hydrogens is 324 g/mol. The average molecular weight is 353 g/mol. The van der Waals surface area contributed by atoms with Gasteiger partial charge in [0.05, 0.1) is 6.10 Å². The molecule has 2 aromatic rings. The summed E-state index contributed by atoms with van der Waals surface area (Å²) in [4.78, 5) is 4.09. The zero-order valence-electron chi connectivity index (χ0n) is 16.5. The lowest BCUT2D eigenvalue weighted by Gasteiger charge is -2.55. The van der Waals surface area contributed by atoms with E-state index in [2.05, 4.69) is 12.1 Å². The third-order valence-corrected chi connectivity index (χ3v) is 5.70. The van der Waals surface area contributed by atoms with Crippen molar-refractivity contribution in [3.8, 4) is 0 Å². The molecule has 0 aliphatic heterocycles. The maximum atomic E-state index is 13.0. The minimum absolute atomic E-state index is 0.343. The molecule has 1 aliphatic carbocycles. The van der Waals surface area contributed by atoms with Crippen LogP contribution in [0, 0.1) is 13.8 Å². The summed E-state index contributed by atoms with van der Waals surface area (Å²) in [5, 5.41) is 23.8. The topological polar surface area (TPSA) is 49.8 Å². The molecule has 0 aromatic heterocycles. The number of aliphatic hydroxyl groups is 1. The first kappa shape index (κ1) is 18.7. The number of aliphatic hydroxyl groups excluding tert-OH is 1. The van der Waals surface area contributed by atoms with Gasteiger partial charge in [0, 0.05) is 39.6 Å². The second-order valence-electron chi connectivity index (χ2n) is 7.88. The van der Waals surface area contributed by atoms with Crippen molar-refractivity contribution in [1.82, 2.24) is 0 Å². The van der Waals surface area contributed by atoms with Crippen LogP contribution in [0.5, 0.6) is 0 Å². The van der Waals surface area contributed by atoms with Crippen molar-refractivity contribution in [3.05, 3.63) is 58.7 Å². The molecule has 2 atom stereocenters. The van der Waals surface area contributed by atoms with E-state index in [0.717, 1.165) is 33.6 Å². The quantitative estimate of drug-likeness (QED) is 0.917. The van der Waals surface area contributed by atoms with Gasteiger partial charge in [0.25, 0.3) is 0 Å². The van der Waals surface area contributed by atoms with Gasteiger partial charge in [0.15, 0.2) is 0 Å². The van der Waals surface area contributed by atoms with Crippen LogP contribution < -0.4 is 14.9 Å². The Morgan fingerprint density at radius 3 is 1.42 bits per heavy atom. The molecule has 2 unspecified atom stereocenters. The molecule has 0 spiro atoms. The summed E-state index contributed by atoms with van der Waals surface area (Å²) >= 11 is 0. The summed E-state index contributed by atoms with van der Waals surface area (Å²) in [6.45, 7) is 4.04. The van der Waals surface area contributed by atoms with Crippen molar-refractivity contribution in [2.45, 2.75) is 37.9 Å². The standard InChI is InChI=1S/C22H29N2O2/c1-13-11-15(23(3)4)7-9-17(13)19-21(25)20(22(19)26)18-10-8-16(24(5)6)12-14(18)2/h7-12,19-22,25H,1-6H3/q-1. The van der Waals surface area contributed by atoms with Crippen LogP contribution in [0.25, 0.3) is 0 Å². The van der Waals surface area contributed by atoms with E-state index < -0.39 is 12.2 Å². The maximum absolute atomic E-state index is 13.0. The highest BCUT2D eigenvalue weighted by Crippen LogP contribution is 2.48. The Morgan fingerprint density at radius 1 is 0.769 bits per heavy atom. The zero-order valence-corrected chi connectivity index (χ0v) is 16.5. The summed E-state index contributed by atoms with van der Waals surface area (Å²) < 4.78 is 0. The van der Waals surface area contributed by atoms with Gasteiger partial charge in [-0.2, -0.15) is 0 Å². The van der Waals surface area contributed by atoms with Gasteiger partial charge in [-0.15, -0.1) is 6.10 Å². The van der Waals surface area contributed by atoms with E-state index in [9.17, 15) is 10.2 Å². The predicted molar refractivity (Wildman–Crippen MR) is 106 cm³/mol. The molecule has 1 N–H and O–H groups in total. The summed E-state index contributed by atoms with van der Waals surface area (Å²) in [5.74, 6) is -0.687. The minimum atomic E-state index is -0.821. The molecule has 0 saturated heterocycles. The normalized spacial score (nSPS) is 24.9. The van der Waals surface area contributed by atoms with Gasteiger partial charge >= 0.3 is 0 Å². The van der Waals surface area contributed by atoms with E-state index in [1.807, 2.05) is 76.1 Å². The molecule has 2 aromatic carbocycles. The third-order valence-electron chi connectivity index (χ3n) is 5.70. The predicted octanol–water partition coefficient (Wildman–Crippen LogP) is 2.41. The first-order valence-electron chi connectivity index (χ1n) is 9.12. The summed E-state index contributed by atoms with van der Waals surface area (Å²) in [5.41, 5.74) is 6.30. The Kier molecular flexibility index (Phi) is 5.00. The first-order chi connectivity index (χ1) is 12.2. The second kappa shape index (κ2) is 6.93. The highest BCUT2D eigenvalue weighted by Gasteiger charge is 2.45. The van der Waals surface area contributed by atoms with Crippen LogP contribution in [0.4, 0.5) is 11.4 Å². The molecule has 140 valence electrons. The van der Waals surface area contributed by atoms with E-state index in [4.69, 9.17) is 0 Å². The Morgan fingerprint density at radius 2 is 1.15 bits per heavy atom. The van der Waals surface area contributed by atoms with Gasteiger partial charge in [-0.25, -0.2) is 0 Å². The van der Waals surface area contributed by atoms with Crippen molar-refractivity contribution in [2.75, 3.05) is 38.0 Å². The second-order valence-corrected chi connectivity index (χ2v) is 7.88. The Labute approximate surface area is 156 Å². The van der Waals surface area contributed by atoms with Crippen molar-refractivity contribution >= 4 is 11.4 Å². The van der Waals surface area contributed by atoms with E-state index >= 15 is 0 Å². The van der Waals surface area contributed by atoms with Crippen LogP contribution in [0.15, 0.2) is 36.4 Å². The van der Waals surface area contributed by atoms with Crippen molar-refractivity contribution in [3.63, 3.8) is 0 Å². The zero-order chi connectivity index (χ0) is 19.2. The molecule has 3 rings (SSSR count). The van der Waals surface area contributed by atoms with Crippen LogP contribution in [0.1, 0.15) is 34.1 Å². The number of aryl methyl sites for hydroxylation is 2. The van der Waals surface area contributed by atoms with Crippen LogP contribution in [-0.4, -0.2) is 45.5 Å². The number of hydrogen-bond donors (Lipinski definition) is 1. The van der Waals surface area contributed by atoms with Crippen LogP contribution >= 0.6 is 0 Å². The highest BCUT2D eigenvalue weighted by atomic mass is 16.3. The SMILES string of the molecule is Cc1cc(N(C)C)ccc1C1C([O-])C(c2ccc(N(C)C)cc2C)C1O. The number of rotatable bonds is 4. The van der Waals surface area contributed by atoms with Crippen molar-refractivity contribution in [1.29, 1.82) is 0 Å². The Hall–Kier alpha value is -2.04. The van der Waals surface area contributed by atoms with E-state index in [0.29, 0.717) is 0 Å². The first-order valence-corrected chi connectivity index (χ1v) is 9.12. The molecule has 4 nitrogen and oxygen atoms in total. The Bertz CT molecular complexity index is 725. The fraction of sp³-hybridized carbons (Fsp3) is 0.455. The molecular formula is C22H29N2O2-. The molecule has 0 heterocycles. The molecule has 1 saturated carbocycles. The van der Waals surface area contributed by atoms with E-state index in [1.165, 1.54) is 0 Å². The van der Waals surface area contributed by atoms with Gasteiger partial charge < -0.3 is 20.0 Å². The molecule has 0 amide bonds. The molecule has 0 radical (unpaired) electrons. The summed E-state index contributed by atoms with van der Waals surface area (Å²) in [7, 11) is 8.00. The van der Waals surface area contributed by atoms with Gasteiger partial charge in [-0.3, -0.25) is 0 Å². The number of nitrogens with zero attached hydrogens (tertiary/aromatic N) is 2. The number of benzene rings is 2. The van der Waals surface area contributed by atoms with Gasteiger partial charge in [0.2, 0.25) is 0 Å². The molecule has 26 heavy (non-hydrogen) atoms. The molecule has 4 heteroatoms. The smallest absolute Gasteiger partial charge is 0.0657 e. The van der Waals surface area contributed by atoms with E-state index in [-0.39, 0.29) is 11.8 Å². The number of anilines is 2. The van der Waals surface area contributed by atoms with Crippen LogP contribution in [0.3, 0.4) is 0 Å². The van der Waals surface area contributed by atoms with Gasteiger partial charge in [0.1, 0.15) is 0 Å². The lowest BCUT2D eigenvalue weighted by atomic mass is 9.62. The summed E-state index contributed by atoms with van der Waals surface area (Å²) in [6.07, 6.45) is -1.46. The summed E-state index contributed by atoms with van der Waals surface area (Å²) in [6, 6.07) is 12.2. The largest absolute Gasteiger partial charge is 0.851 e.